The molecule has 0 spiro atoms. The summed E-state index contributed by atoms with van der Waals surface area (Å²) in [5.74, 6) is 1.43. The highest BCUT2D eigenvalue weighted by Crippen LogP contribution is 2.38. The average Bonchev–Trinajstić information content (AvgIpc) is 3.81. The van der Waals surface area contributed by atoms with E-state index in [1.54, 1.807) is 0 Å². The molecule has 1 aliphatic rings. The molecule has 0 radical (unpaired) electrons. The fraction of sp³-hybridized carbons (Fsp3) is 0.0204. The summed E-state index contributed by atoms with van der Waals surface area (Å²) in [4.78, 5) is 10.5. The van der Waals surface area contributed by atoms with E-state index in [4.69, 9.17) is 18.8 Å². The summed E-state index contributed by atoms with van der Waals surface area (Å²) in [7, 11) is 0. The number of aliphatic imine (C=N–C) groups is 2. The highest BCUT2D eigenvalue weighted by molar-refractivity contribution is 6.22. The molecule has 0 saturated heterocycles. The molecule has 1 aliphatic heterocycles. The molecule has 254 valence electrons. The van der Waals surface area contributed by atoms with E-state index in [1.165, 1.54) is 10.9 Å². The van der Waals surface area contributed by atoms with E-state index < -0.39 is 0 Å². The fourth-order valence-electron chi connectivity index (χ4n) is 7.81. The van der Waals surface area contributed by atoms with E-state index in [-0.39, 0.29) is 6.17 Å². The van der Waals surface area contributed by atoms with Crippen LogP contribution in [0.4, 0.5) is 0 Å². The molecule has 0 amide bonds. The van der Waals surface area contributed by atoms with Crippen LogP contribution in [-0.2, 0) is 0 Å². The minimum atomic E-state index is -0.350. The van der Waals surface area contributed by atoms with E-state index in [1.807, 2.05) is 36.4 Å². The van der Waals surface area contributed by atoms with Gasteiger partial charge in [-0.15, -0.1) is 0 Å². The maximum atomic E-state index is 6.57. The van der Waals surface area contributed by atoms with Crippen LogP contribution in [0.25, 0.3) is 76.9 Å². The van der Waals surface area contributed by atoms with Crippen molar-refractivity contribution >= 4 is 66.3 Å². The number of amidine groups is 2. The van der Waals surface area contributed by atoms with Crippen LogP contribution in [-0.4, -0.2) is 11.7 Å². The molecule has 10 aromatic rings. The fourth-order valence-corrected chi connectivity index (χ4v) is 7.81. The Morgan fingerprint density at radius 1 is 0.426 bits per heavy atom. The molecule has 0 bridgehead atoms. The quantitative estimate of drug-likeness (QED) is 0.195. The topological polar surface area (TPSA) is 63.0 Å². The second-order valence-electron chi connectivity index (χ2n) is 13.8. The molecular formula is C49H31N3O2. The van der Waals surface area contributed by atoms with Crippen LogP contribution in [0.2, 0.25) is 0 Å². The lowest BCUT2D eigenvalue weighted by Gasteiger charge is -2.24. The number of hydrogen-bond donors (Lipinski definition) is 1. The minimum absolute atomic E-state index is 0.350. The summed E-state index contributed by atoms with van der Waals surface area (Å²) in [6.07, 6.45) is -0.350. The van der Waals surface area contributed by atoms with Gasteiger partial charge in [-0.1, -0.05) is 133 Å². The lowest BCUT2D eigenvalue weighted by molar-refractivity contribution is 0.668. The van der Waals surface area contributed by atoms with Gasteiger partial charge in [0.25, 0.3) is 0 Å². The third-order valence-electron chi connectivity index (χ3n) is 10.5. The smallest absolute Gasteiger partial charge is 0.160 e. The Balaban J connectivity index is 1.03. The molecule has 0 fully saturated rings. The summed E-state index contributed by atoms with van der Waals surface area (Å²) in [6, 6.07) is 61.1. The van der Waals surface area contributed by atoms with E-state index in [0.717, 1.165) is 88.5 Å². The molecule has 8 aromatic carbocycles. The first-order chi connectivity index (χ1) is 26.7. The zero-order valence-corrected chi connectivity index (χ0v) is 29.0. The van der Waals surface area contributed by atoms with Gasteiger partial charge >= 0.3 is 0 Å². The van der Waals surface area contributed by atoms with Crippen LogP contribution >= 0.6 is 0 Å². The Morgan fingerprint density at radius 2 is 1.06 bits per heavy atom. The molecule has 0 saturated carbocycles. The van der Waals surface area contributed by atoms with Crippen LogP contribution in [0.5, 0.6) is 0 Å². The second-order valence-corrected chi connectivity index (χ2v) is 13.8. The second kappa shape index (κ2) is 12.2. The minimum Gasteiger partial charge on any atom is -0.456 e. The van der Waals surface area contributed by atoms with Crippen molar-refractivity contribution in [1.82, 2.24) is 5.32 Å². The first-order valence-electron chi connectivity index (χ1n) is 18.2. The molecule has 54 heavy (non-hydrogen) atoms. The standard InChI is InChI=1S/C49H31N3O2/c1-2-9-30(10-3-1)32-17-20-33(21-18-32)47-50-48(37-22-19-31-11-4-5-12-34(31)27-37)52-49(51-47)41-14-8-16-43-46(41)40-26-24-36(29-45(40)54-43)35-23-25-39-38-13-6-7-15-42(38)53-44(39)28-35/h1-29,47H,(H,50,51,52). The largest absolute Gasteiger partial charge is 0.456 e. The van der Waals surface area contributed by atoms with Crippen LogP contribution < -0.4 is 5.32 Å². The maximum Gasteiger partial charge on any atom is 0.160 e. The Morgan fingerprint density at radius 3 is 1.91 bits per heavy atom. The van der Waals surface area contributed by atoms with Gasteiger partial charge in [0.2, 0.25) is 0 Å². The van der Waals surface area contributed by atoms with E-state index >= 15 is 0 Å². The first-order valence-corrected chi connectivity index (χ1v) is 18.2. The van der Waals surface area contributed by atoms with E-state index in [0.29, 0.717) is 5.84 Å². The van der Waals surface area contributed by atoms with Crippen molar-refractivity contribution in [1.29, 1.82) is 0 Å². The van der Waals surface area contributed by atoms with E-state index in [2.05, 4.69) is 145 Å². The van der Waals surface area contributed by atoms with Crippen molar-refractivity contribution in [2.24, 2.45) is 9.98 Å². The van der Waals surface area contributed by atoms with Gasteiger partial charge in [0, 0.05) is 32.7 Å². The van der Waals surface area contributed by atoms with Gasteiger partial charge in [-0.2, -0.15) is 0 Å². The number of para-hydroxylation sites is 1. The first kappa shape index (κ1) is 30.4. The SMILES string of the molecule is c1ccc(-c2ccc(C3N=C(c4cccc5oc6cc(-c7ccc8c(c7)oc7ccccc78)ccc6c45)N=C(c4ccc5ccccc5c4)N3)cc2)cc1. The predicted octanol–water partition coefficient (Wildman–Crippen LogP) is 12.5. The van der Waals surface area contributed by atoms with Crippen molar-refractivity contribution in [3.63, 3.8) is 0 Å². The van der Waals surface area contributed by atoms with Gasteiger partial charge in [0.15, 0.2) is 5.84 Å². The third-order valence-corrected chi connectivity index (χ3v) is 10.5. The number of nitrogens with one attached hydrogen (secondary N) is 1. The average molecular weight is 694 g/mol. The number of rotatable bonds is 5. The summed E-state index contributed by atoms with van der Waals surface area (Å²) >= 11 is 0. The lowest BCUT2D eigenvalue weighted by Crippen LogP contribution is -2.33. The van der Waals surface area contributed by atoms with Crippen LogP contribution in [0.1, 0.15) is 22.9 Å². The Kier molecular flexibility index (Phi) is 6.85. The van der Waals surface area contributed by atoms with Crippen LogP contribution in [0.3, 0.4) is 0 Å². The summed E-state index contributed by atoms with van der Waals surface area (Å²) < 4.78 is 12.8. The molecule has 0 aliphatic carbocycles. The molecule has 1 unspecified atom stereocenters. The maximum absolute atomic E-state index is 6.57. The zero-order valence-electron chi connectivity index (χ0n) is 29.0. The third kappa shape index (κ3) is 5.09. The van der Waals surface area contributed by atoms with E-state index in [9.17, 15) is 0 Å². The van der Waals surface area contributed by atoms with Crippen molar-refractivity contribution in [2.75, 3.05) is 0 Å². The molecule has 5 heteroatoms. The summed E-state index contributed by atoms with van der Waals surface area (Å²) in [5.41, 5.74) is 10.8. The molecule has 5 nitrogen and oxygen atoms in total. The predicted molar refractivity (Wildman–Crippen MR) is 221 cm³/mol. The lowest BCUT2D eigenvalue weighted by atomic mass is 10.00. The molecule has 11 rings (SSSR count). The summed E-state index contributed by atoms with van der Waals surface area (Å²) in [5, 5.41) is 10.3. The normalized spacial score (nSPS) is 14.5. The number of hydrogen-bond acceptors (Lipinski definition) is 5. The number of benzene rings is 8. The molecule has 1 N–H and O–H groups in total. The highest BCUT2D eigenvalue weighted by Gasteiger charge is 2.24. The Bertz CT molecular complexity index is 3130. The summed E-state index contributed by atoms with van der Waals surface area (Å²) in [6.45, 7) is 0. The van der Waals surface area contributed by atoms with Crippen molar-refractivity contribution < 1.29 is 8.83 Å². The Hall–Kier alpha value is -7.24. The van der Waals surface area contributed by atoms with Gasteiger partial charge in [-0.25, -0.2) is 9.98 Å². The number of fused-ring (bicyclic) bond motifs is 7. The number of furan rings is 2. The van der Waals surface area contributed by atoms with Crippen molar-refractivity contribution in [2.45, 2.75) is 6.17 Å². The van der Waals surface area contributed by atoms with Gasteiger partial charge in [-0.05, 0) is 81.1 Å². The number of nitrogens with zero attached hydrogens (tertiary/aromatic N) is 2. The van der Waals surface area contributed by atoms with Crippen molar-refractivity contribution in [3.8, 4) is 22.3 Å². The van der Waals surface area contributed by atoms with Gasteiger partial charge in [0.1, 0.15) is 34.3 Å². The molecule has 1 atom stereocenters. The monoisotopic (exact) mass is 693 g/mol. The van der Waals surface area contributed by atoms with Crippen molar-refractivity contribution in [3.05, 3.63) is 193 Å². The van der Waals surface area contributed by atoms with Gasteiger partial charge in [0.05, 0.1) is 0 Å². The Labute approximate surface area is 310 Å². The molecular weight excluding hydrogens is 663 g/mol. The van der Waals surface area contributed by atoms with Crippen LogP contribution in [0, 0.1) is 0 Å². The van der Waals surface area contributed by atoms with Gasteiger partial charge < -0.3 is 14.2 Å². The van der Waals surface area contributed by atoms with Crippen LogP contribution in [0.15, 0.2) is 195 Å². The van der Waals surface area contributed by atoms with Gasteiger partial charge in [-0.3, -0.25) is 0 Å². The molecule has 3 heterocycles. The highest BCUT2D eigenvalue weighted by atomic mass is 16.3. The molecule has 2 aromatic heterocycles. The zero-order chi connectivity index (χ0) is 35.6.